The molecule has 0 saturated carbocycles. The van der Waals surface area contributed by atoms with Crippen LogP contribution in [-0.2, 0) is 49.4 Å². The number of carbonyl (C=O) groups excluding carboxylic acids is 6. The van der Waals surface area contributed by atoms with E-state index in [1.807, 2.05) is 84.9 Å². The van der Waals surface area contributed by atoms with Crippen LogP contribution in [0.3, 0.4) is 0 Å². The number of ether oxygens (including phenoxy) is 4. The number of benzene rings is 2. The van der Waals surface area contributed by atoms with Gasteiger partial charge in [0.05, 0.1) is 24.4 Å². The molecule has 1 aromatic heterocycles. The first-order chi connectivity index (χ1) is 33.1. The maximum atomic E-state index is 14.9. The Morgan fingerprint density at radius 3 is 2.33 bits per heavy atom. The highest BCUT2D eigenvalue weighted by Gasteiger charge is 2.51. The van der Waals surface area contributed by atoms with Crippen LogP contribution < -0.4 is 31.9 Å². The van der Waals surface area contributed by atoms with Gasteiger partial charge < -0.3 is 39.8 Å². The largest absolute Gasteiger partial charge is 0.483 e. The molecule has 2 aliphatic rings. The lowest BCUT2D eigenvalue weighted by Crippen LogP contribution is -2.61. The number of azide groups is 1. The van der Waals surface area contributed by atoms with Crippen LogP contribution >= 0.6 is 11.8 Å². The van der Waals surface area contributed by atoms with E-state index in [1.165, 1.54) is 34.3 Å². The van der Waals surface area contributed by atoms with Gasteiger partial charge in [-0.05, 0) is 90.5 Å². The fourth-order valence-electron chi connectivity index (χ4n) is 8.09. The molecule has 70 heavy (non-hydrogen) atoms. The van der Waals surface area contributed by atoms with E-state index in [0.717, 1.165) is 16.7 Å². The molecule has 2 saturated heterocycles. The monoisotopic (exact) mass is 989 g/mol. The summed E-state index contributed by atoms with van der Waals surface area (Å²) in [7, 11) is 0. The molecule has 2 fully saturated rings. The molecule has 3 unspecified atom stereocenters. The minimum atomic E-state index is -1.60. The van der Waals surface area contributed by atoms with Crippen molar-refractivity contribution in [2.24, 2.45) is 5.11 Å². The van der Waals surface area contributed by atoms with Crippen LogP contribution in [0.1, 0.15) is 95.2 Å². The van der Waals surface area contributed by atoms with Crippen LogP contribution in [0.2, 0.25) is 0 Å². The van der Waals surface area contributed by atoms with Crippen molar-refractivity contribution in [2.75, 3.05) is 25.6 Å². The van der Waals surface area contributed by atoms with Gasteiger partial charge >= 0.3 is 17.6 Å². The minimum absolute atomic E-state index is 0.00252. The van der Waals surface area contributed by atoms with Gasteiger partial charge in [0.25, 0.3) is 17.4 Å². The summed E-state index contributed by atoms with van der Waals surface area (Å²) >= 11 is 1.39. The molecule has 3 aromatic rings. The number of aromatic nitrogens is 2. The summed E-state index contributed by atoms with van der Waals surface area (Å²) in [4.78, 5) is 112. The fraction of sp³-hybridized carbons (Fsp3) is 0.542. The Balaban J connectivity index is 1.22. The zero-order valence-electron chi connectivity index (χ0n) is 40.8. The van der Waals surface area contributed by atoms with Crippen LogP contribution in [0.5, 0.6) is 5.75 Å². The number of carbonyl (C=O) groups is 6. The molecular formula is C48H63N9O12S. The van der Waals surface area contributed by atoms with Crippen molar-refractivity contribution in [3.05, 3.63) is 108 Å². The number of H-pyrrole nitrogens is 1. The second kappa shape index (κ2) is 24.3. The third kappa shape index (κ3) is 15.2. The molecule has 0 spiro atoms. The maximum absolute atomic E-state index is 14.9. The highest BCUT2D eigenvalue weighted by atomic mass is 32.2. The number of amides is 4. The predicted octanol–water partition coefficient (Wildman–Crippen LogP) is 3.96. The van der Waals surface area contributed by atoms with E-state index in [4.69, 9.17) is 24.5 Å². The molecule has 6 atom stereocenters. The predicted molar refractivity (Wildman–Crippen MR) is 258 cm³/mol. The van der Waals surface area contributed by atoms with Crippen molar-refractivity contribution >= 4 is 47.3 Å². The summed E-state index contributed by atoms with van der Waals surface area (Å²) in [6.45, 7) is 13.6. The molecule has 5 rings (SSSR count). The minimum Gasteiger partial charge on any atom is -0.483 e. The second-order valence-electron chi connectivity index (χ2n) is 18.9. The summed E-state index contributed by atoms with van der Waals surface area (Å²) in [6, 6.07) is 11.8. The number of nitrogens with one attached hydrogen (secondary N) is 4. The van der Waals surface area contributed by atoms with Gasteiger partial charge in [-0.25, -0.2) is 4.79 Å². The average molecular weight is 990 g/mol. The summed E-state index contributed by atoms with van der Waals surface area (Å²) in [5.74, 6) is -3.03. The molecule has 4 amide bonds. The van der Waals surface area contributed by atoms with E-state index in [1.54, 1.807) is 12.1 Å². The number of rotatable bonds is 21. The van der Waals surface area contributed by atoms with Crippen LogP contribution in [0.25, 0.3) is 10.4 Å². The summed E-state index contributed by atoms with van der Waals surface area (Å²) in [6.07, 6.45) is -2.59. The van der Waals surface area contributed by atoms with Crippen LogP contribution in [-0.4, -0.2) is 116 Å². The van der Waals surface area contributed by atoms with Gasteiger partial charge in [-0.2, -0.15) is 0 Å². The summed E-state index contributed by atoms with van der Waals surface area (Å²) in [5.41, 5.74) is 9.82. The third-order valence-electron chi connectivity index (χ3n) is 11.5. The van der Waals surface area contributed by atoms with Gasteiger partial charge in [-0.1, -0.05) is 53.6 Å². The Morgan fingerprint density at radius 1 is 0.957 bits per heavy atom. The zero-order chi connectivity index (χ0) is 51.3. The quantitative estimate of drug-likeness (QED) is 0.0510. The number of esters is 2. The molecule has 4 N–H and O–H groups in total. The number of para-hydroxylation sites is 1. The Labute approximate surface area is 409 Å². The van der Waals surface area contributed by atoms with Crippen LogP contribution in [0.4, 0.5) is 0 Å². The average Bonchev–Trinajstić information content (AvgIpc) is 3.84. The van der Waals surface area contributed by atoms with E-state index < -0.39 is 94.4 Å². The van der Waals surface area contributed by atoms with Crippen molar-refractivity contribution in [3.63, 3.8) is 0 Å². The molecule has 3 heterocycles. The Kier molecular flexibility index (Phi) is 18.8. The number of nitrogens with zero attached hydrogens (tertiary/aromatic N) is 5. The van der Waals surface area contributed by atoms with Gasteiger partial charge in [0.1, 0.15) is 30.7 Å². The van der Waals surface area contributed by atoms with Crippen molar-refractivity contribution in [2.45, 2.75) is 141 Å². The van der Waals surface area contributed by atoms with Crippen molar-refractivity contribution in [1.82, 2.24) is 30.4 Å². The smallest absolute Gasteiger partial charge is 0.330 e. The number of hydrogen-bond donors (Lipinski definition) is 4. The highest BCUT2D eigenvalue weighted by Crippen LogP contribution is 2.40. The Bertz CT molecular complexity index is 2530. The van der Waals surface area contributed by atoms with Crippen molar-refractivity contribution in [3.8, 4) is 5.75 Å². The highest BCUT2D eigenvalue weighted by molar-refractivity contribution is 8.00. The van der Waals surface area contributed by atoms with Crippen LogP contribution in [0.15, 0.2) is 69.4 Å². The fourth-order valence-corrected chi connectivity index (χ4v) is 9.23. The van der Waals surface area contributed by atoms with Crippen LogP contribution in [0, 0.1) is 20.8 Å². The lowest BCUT2D eigenvalue weighted by Gasteiger charge is -2.36. The van der Waals surface area contributed by atoms with Gasteiger partial charge in [-0.15, -0.1) is 11.8 Å². The molecule has 2 aromatic carbocycles. The molecule has 21 nitrogen and oxygen atoms in total. The SMILES string of the molecule is Cc1cccc(C)c1OCC(=O)N[C@@H](Cc1ccccc1)[C@H](OC(=O)CCCC(=O)NCCC(=O)OCC1OC(n2cc(C)c(=O)[nH]c2=O)CC1N=[N+]=[N-])C(=O)N1CSC(C)(C)[C@H]1C(=O)NC(C)(C)C. The van der Waals surface area contributed by atoms with E-state index in [2.05, 4.69) is 31.0 Å². The molecular weight excluding hydrogens is 927 g/mol. The molecule has 0 bridgehead atoms. The van der Waals surface area contributed by atoms with E-state index in [-0.39, 0.29) is 69.0 Å². The second-order valence-corrected chi connectivity index (χ2v) is 20.5. The number of hydrogen-bond acceptors (Lipinski definition) is 14. The summed E-state index contributed by atoms with van der Waals surface area (Å²) in [5, 5.41) is 12.2. The van der Waals surface area contributed by atoms with E-state index >= 15 is 0 Å². The van der Waals surface area contributed by atoms with Crippen molar-refractivity contribution in [1.29, 1.82) is 0 Å². The van der Waals surface area contributed by atoms with E-state index in [9.17, 15) is 38.4 Å². The van der Waals surface area contributed by atoms with Gasteiger partial charge in [0.15, 0.2) is 6.61 Å². The first kappa shape index (κ1) is 54.3. The summed E-state index contributed by atoms with van der Waals surface area (Å²) < 4.78 is 23.6. The maximum Gasteiger partial charge on any atom is 0.330 e. The number of aromatic amines is 1. The lowest BCUT2D eigenvalue weighted by molar-refractivity contribution is -0.164. The number of thioether (sulfide) groups is 1. The number of aryl methyl sites for hydroxylation is 3. The normalized spacial score (nSPS) is 19.2. The first-order valence-corrected chi connectivity index (χ1v) is 24.0. The Hall–Kier alpha value is -6.64. The van der Waals surface area contributed by atoms with Gasteiger partial charge in [-0.3, -0.25) is 43.1 Å². The third-order valence-corrected chi connectivity index (χ3v) is 12.9. The lowest BCUT2D eigenvalue weighted by atomic mass is 9.96. The topological polar surface area (TPSA) is 282 Å². The zero-order valence-corrected chi connectivity index (χ0v) is 41.6. The van der Waals surface area contributed by atoms with Gasteiger partial charge in [0.2, 0.25) is 17.9 Å². The molecule has 0 aliphatic carbocycles. The standard InChI is InChI=1S/C48H63N9O12S/c1-28-14-12-15-29(2)40(28)67-26-36(59)51-33(22-31-16-10-9-11-17-31)41(45(64)57-27-70-48(7,8)42(57)44(63)53-47(4,5)6)69-39(61)19-13-18-35(58)50-21-20-38(60)66-25-34-32(54-55-49)23-37(68-34)56-24-30(3)43(62)52-46(56)65/h9-12,14-17,24,32-34,37,41-42H,13,18-23,25-27H2,1-8H3,(H,50,58)(H,51,59)(H,53,63)(H,52,62,65)/t32?,33-,34?,37?,41-,42+/m0/s1. The molecule has 22 heteroatoms. The first-order valence-electron chi connectivity index (χ1n) is 23.0. The molecule has 378 valence electrons. The molecule has 2 aliphatic heterocycles. The van der Waals surface area contributed by atoms with Gasteiger partial charge in [0, 0.05) is 52.8 Å². The molecule has 0 radical (unpaired) electrons. The van der Waals surface area contributed by atoms with Crippen molar-refractivity contribution < 1.29 is 47.7 Å². The Morgan fingerprint density at radius 2 is 1.66 bits per heavy atom. The van der Waals surface area contributed by atoms with E-state index in [0.29, 0.717) is 5.75 Å².